The van der Waals surface area contributed by atoms with E-state index in [1.54, 1.807) is 0 Å². The van der Waals surface area contributed by atoms with Crippen LogP contribution in [0.25, 0.3) is 0 Å². The minimum Gasteiger partial charge on any atom is -0.346 e. The van der Waals surface area contributed by atoms with Crippen molar-refractivity contribution in [2.75, 3.05) is 39.8 Å². The van der Waals surface area contributed by atoms with Gasteiger partial charge in [0.2, 0.25) is 5.91 Å². The van der Waals surface area contributed by atoms with Crippen LogP contribution in [0, 0.1) is 12.8 Å². The van der Waals surface area contributed by atoms with Crippen molar-refractivity contribution in [1.82, 2.24) is 19.7 Å². The summed E-state index contributed by atoms with van der Waals surface area (Å²) in [6, 6.07) is 6.99. The Morgan fingerprint density at radius 3 is 2.46 bits per heavy atom. The third-order valence-electron chi connectivity index (χ3n) is 6.13. The molecule has 0 spiro atoms. The van der Waals surface area contributed by atoms with Crippen molar-refractivity contribution in [2.45, 2.75) is 52.1 Å². The van der Waals surface area contributed by atoms with Gasteiger partial charge in [-0.15, -0.1) is 0 Å². The van der Waals surface area contributed by atoms with Gasteiger partial charge < -0.3 is 9.80 Å². The highest BCUT2D eigenvalue weighted by Crippen LogP contribution is 2.25. The first-order valence-corrected chi connectivity index (χ1v) is 10.2. The molecule has 5 nitrogen and oxygen atoms in total. The lowest BCUT2D eigenvalue weighted by Crippen LogP contribution is -2.49. The molecule has 26 heavy (non-hydrogen) atoms. The Bertz CT molecular complexity index is 589. The Morgan fingerprint density at radius 2 is 1.85 bits per heavy atom. The zero-order valence-electron chi connectivity index (χ0n) is 16.7. The number of nitrogens with zero attached hydrogens (tertiary/aromatic N) is 4. The molecule has 0 unspecified atom stereocenters. The van der Waals surface area contributed by atoms with Crippen molar-refractivity contribution in [2.24, 2.45) is 5.92 Å². The lowest BCUT2D eigenvalue weighted by molar-refractivity contribution is -0.135. The van der Waals surface area contributed by atoms with E-state index in [1.807, 2.05) is 18.9 Å². The number of rotatable bonds is 5. The van der Waals surface area contributed by atoms with Gasteiger partial charge >= 0.3 is 0 Å². The molecule has 5 heteroatoms. The van der Waals surface area contributed by atoms with Gasteiger partial charge in [0.1, 0.15) is 0 Å². The van der Waals surface area contributed by atoms with Gasteiger partial charge in [0.15, 0.2) is 0 Å². The summed E-state index contributed by atoms with van der Waals surface area (Å²) in [4.78, 5) is 24.0. The van der Waals surface area contributed by atoms with Crippen LogP contribution in [0.4, 0.5) is 0 Å². The van der Waals surface area contributed by atoms with Crippen LogP contribution in [-0.2, 0) is 11.3 Å². The summed E-state index contributed by atoms with van der Waals surface area (Å²) >= 11 is 0. The third-order valence-corrected chi connectivity index (χ3v) is 6.13. The van der Waals surface area contributed by atoms with Crippen LogP contribution >= 0.6 is 0 Å². The molecule has 2 aliphatic rings. The largest absolute Gasteiger partial charge is 0.346 e. The van der Waals surface area contributed by atoms with E-state index in [-0.39, 0.29) is 5.92 Å². The van der Waals surface area contributed by atoms with E-state index < -0.39 is 0 Å². The van der Waals surface area contributed by atoms with Gasteiger partial charge in [-0.2, -0.15) is 0 Å². The molecule has 0 radical (unpaired) electrons. The number of hydrogen-bond acceptors (Lipinski definition) is 4. The third kappa shape index (κ3) is 4.83. The van der Waals surface area contributed by atoms with Gasteiger partial charge in [0.05, 0.1) is 5.69 Å². The Morgan fingerprint density at radius 1 is 1.15 bits per heavy atom. The number of amides is 1. The highest BCUT2D eigenvalue weighted by atomic mass is 16.2. The van der Waals surface area contributed by atoms with Crippen LogP contribution in [0.3, 0.4) is 0 Å². The zero-order valence-corrected chi connectivity index (χ0v) is 16.7. The molecule has 0 aromatic carbocycles. The molecule has 3 heterocycles. The van der Waals surface area contributed by atoms with Gasteiger partial charge in [-0.1, -0.05) is 6.07 Å². The maximum Gasteiger partial charge on any atom is 0.225 e. The molecule has 0 atom stereocenters. The van der Waals surface area contributed by atoms with Gasteiger partial charge in [-0.3, -0.25) is 14.7 Å². The average molecular weight is 359 g/mol. The molecule has 2 aliphatic heterocycles. The highest BCUT2D eigenvalue weighted by molar-refractivity contribution is 5.78. The molecule has 0 aliphatic carbocycles. The number of aryl methyl sites for hydroxylation is 1. The first-order chi connectivity index (χ1) is 12.6. The van der Waals surface area contributed by atoms with Crippen molar-refractivity contribution in [3.05, 3.63) is 29.6 Å². The predicted octanol–water partition coefficient (Wildman–Crippen LogP) is 2.54. The van der Waals surface area contributed by atoms with E-state index in [0.717, 1.165) is 57.8 Å². The number of pyridine rings is 1. The van der Waals surface area contributed by atoms with Crippen LogP contribution in [0.5, 0.6) is 0 Å². The summed E-state index contributed by atoms with van der Waals surface area (Å²) in [5.74, 6) is 0.580. The summed E-state index contributed by atoms with van der Waals surface area (Å²) in [6.45, 7) is 10.3. The zero-order chi connectivity index (χ0) is 18.5. The molecular formula is C21H34N4O. The molecule has 0 saturated carbocycles. The minimum atomic E-state index is 0.240. The van der Waals surface area contributed by atoms with Crippen LogP contribution in [0.15, 0.2) is 18.2 Å². The van der Waals surface area contributed by atoms with Crippen molar-refractivity contribution in [3.8, 4) is 0 Å². The fraction of sp³-hybridized carbons (Fsp3) is 0.714. The number of carbonyl (C=O) groups is 1. The smallest absolute Gasteiger partial charge is 0.225 e. The van der Waals surface area contributed by atoms with Crippen molar-refractivity contribution < 1.29 is 4.79 Å². The predicted molar refractivity (Wildman–Crippen MR) is 105 cm³/mol. The molecule has 2 saturated heterocycles. The van der Waals surface area contributed by atoms with Gasteiger partial charge in [0, 0.05) is 50.9 Å². The Balaban J connectivity index is 1.42. The van der Waals surface area contributed by atoms with Gasteiger partial charge in [-0.25, -0.2) is 0 Å². The van der Waals surface area contributed by atoms with E-state index in [2.05, 4.69) is 39.9 Å². The number of carbonyl (C=O) groups excluding carboxylic acids is 1. The summed E-state index contributed by atoms with van der Waals surface area (Å²) < 4.78 is 0. The van der Waals surface area contributed by atoms with Crippen molar-refractivity contribution >= 4 is 5.91 Å². The second-order valence-corrected chi connectivity index (χ2v) is 7.94. The molecule has 1 amide bonds. The molecule has 2 fully saturated rings. The van der Waals surface area contributed by atoms with Gasteiger partial charge in [-0.05, 0) is 64.8 Å². The number of piperidine rings is 2. The highest BCUT2D eigenvalue weighted by Gasteiger charge is 2.31. The first-order valence-electron chi connectivity index (χ1n) is 10.2. The summed E-state index contributed by atoms with van der Waals surface area (Å²) in [5, 5.41) is 0. The van der Waals surface area contributed by atoms with Crippen molar-refractivity contribution in [1.29, 1.82) is 0 Å². The fourth-order valence-electron chi connectivity index (χ4n) is 4.34. The second kappa shape index (κ2) is 8.96. The summed E-state index contributed by atoms with van der Waals surface area (Å²) in [5.41, 5.74) is 2.28. The molecule has 3 rings (SSSR count). The monoisotopic (exact) mass is 358 g/mol. The quantitative estimate of drug-likeness (QED) is 0.811. The van der Waals surface area contributed by atoms with E-state index >= 15 is 0 Å². The Labute approximate surface area is 158 Å². The molecule has 1 aromatic heterocycles. The number of likely N-dealkylation sites (tertiary alicyclic amines) is 2. The van der Waals surface area contributed by atoms with Crippen LogP contribution in [0.2, 0.25) is 0 Å². The van der Waals surface area contributed by atoms with E-state index in [4.69, 9.17) is 0 Å². The fourth-order valence-corrected chi connectivity index (χ4v) is 4.34. The van der Waals surface area contributed by atoms with E-state index in [9.17, 15) is 4.79 Å². The minimum absolute atomic E-state index is 0.240. The SMILES string of the molecule is CCN(C)C(=O)C1CCN(C2CCN(Cc3cccc(C)n3)CC2)CC1. The number of aromatic nitrogens is 1. The van der Waals surface area contributed by atoms with Crippen LogP contribution < -0.4 is 0 Å². The molecule has 0 bridgehead atoms. The second-order valence-electron chi connectivity index (χ2n) is 7.94. The lowest BCUT2D eigenvalue weighted by atomic mass is 9.92. The Kier molecular flexibility index (Phi) is 6.65. The number of hydrogen-bond donors (Lipinski definition) is 0. The van der Waals surface area contributed by atoms with E-state index in [1.165, 1.54) is 18.5 Å². The maximum atomic E-state index is 12.3. The lowest BCUT2D eigenvalue weighted by Gasteiger charge is -2.41. The molecule has 144 valence electrons. The van der Waals surface area contributed by atoms with E-state index in [0.29, 0.717) is 11.9 Å². The molecular weight excluding hydrogens is 324 g/mol. The Hall–Kier alpha value is -1.46. The summed E-state index contributed by atoms with van der Waals surface area (Å²) in [7, 11) is 1.92. The molecule has 1 aromatic rings. The topological polar surface area (TPSA) is 39.7 Å². The molecule has 0 N–H and O–H groups in total. The van der Waals surface area contributed by atoms with Gasteiger partial charge in [0.25, 0.3) is 0 Å². The average Bonchev–Trinajstić information content (AvgIpc) is 2.67. The van der Waals surface area contributed by atoms with Crippen molar-refractivity contribution in [3.63, 3.8) is 0 Å². The van der Waals surface area contributed by atoms with Crippen LogP contribution in [0.1, 0.15) is 44.0 Å². The summed E-state index contributed by atoms with van der Waals surface area (Å²) in [6.07, 6.45) is 4.52. The normalized spacial score (nSPS) is 21.0. The first kappa shape index (κ1) is 19.3. The maximum absolute atomic E-state index is 12.3. The standard InChI is InChI=1S/C21H34N4O/c1-4-23(3)21(26)18-8-14-25(15-9-18)20-10-12-24(13-11-20)16-19-7-5-6-17(2)22-19/h5-7,18,20H,4,8-16H2,1-3H3. The van der Waals surface area contributed by atoms with Crippen LogP contribution in [-0.4, -0.2) is 71.4 Å².